The lowest BCUT2D eigenvalue weighted by Gasteiger charge is -2.27. The van der Waals surface area contributed by atoms with Gasteiger partial charge in [-0.3, -0.25) is 0 Å². The van der Waals surface area contributed by atoms with Gasteiger partial charge in [0.2, 0.25) is 0 Å². The molecule has 0 saturated heterocycles. The van der Waals surface area contributed by atoms with Crippen LogP contribution >= 0.6 is 15.9 Å². The van der Waals surface area contributed by atoms with E-state index in [1.165, 1.54) is 31.0 Å². The molecule has 0 heterocycles. The standard InChI is InChI=1S/C13H15BrF2/c1-13(8-14,10-2-3-10)7-9-6-11(15)4-5-12(9)16/h4-6,10H,2-3,7-8H2,1H3. The van der Waals surface area contributed by atoms with Gasteiger partial charge in [-0.2, -0.15) is 0 Å². The molecule has 0 aliphatic heterocycles. The minimum atomic E-state index is -0.357. The minimum absolute atomic E-state index is 0.0502. The Labute approximate surface area is 103 Å². The first-order valence-corrected chi connectivity index (χ1v) is 6.67. The molecule has 0 spiro atoms. The smallest absolute Gasteiger partial charge is 0.126 e. The Hall–Kier alpha value is -0.440. The van der Waals surface area contributed by atoms with Crippen LogP contribution < -0.4 is 0 Å². The fraction of sp³-hybridized carbons (Fsp3) is 0.538. The van der Waals surface area contributed by atoms with Crippen LogP contribution in [-0.4, -0.2) is 5.33 Å². The van der Waals surface area contributed by atoms with E-state index in [9.17, 15) is 8.78 Å². The van der Waals surface area contributed by atoms with Crippen LogP contribution in [0.2, 0.25) is 0 Å². The molecule has 1 aromatic carbocycles. The molecule has 16 heavy (non-hydrogen) atoms. The van der Waals surface area contributed by atoms with Crippen molar-refractivity contribution in [1.29, 1.82) is 0 Å². The Kier molecular flexibility index (Phi) is 3.34. The lowest BCUT2D eigenvalue weighted by molar-refractivity contribution is 0.313. The van der Waals surface area contributed by atoms with Crippen LogP contribution in [0.4, 0.5) is 8.78 Å². The van der Waals surface area contributed by atoms with Crippen molar-refractivity contribution in [2.45, 2.75) is 26.2 Å². The van der Waals surface area contributed by atoms with Gasteiger partial charge in [0.25, 0.3) is 0 Å². The third kappa shape index (κ3) is 2.45. The fourth-order valence-electron chi connectivity index (χ4n) is 2.19. The van der Waals surface area contributed by atoms with Gasteiger partial charge in [0.1, 0.15) is 11.6 Å². The van der Waals surface area contributed by atoms with Crippen molar-refractivity contribution in [3.8, 4) is 0 Å². The summed E-state index contributed by atoms with van der Waals surface area (Å²) < 4.78 is 26.6. The number of hydrogen-bond acceptors (Lipinski definition) is 0. The van der Waals surface area contributed by atoms with E-state index in [2.05, 4.69) is 22.9 Å². The van der Waals surface area contributed by atoms with Crippen LogP contribution in [0.5, 0.6) is 0 Å². The van der Waals surface area contributed by atoms with Crippen LogP contribution in [-0.2, 0) is 6.42 Å². The van der Waals surface area contributed by atoms with Gasteiger partial charge in [0, 0.05) is 5.33 Å². The molecular formula is C13H15BrF2. The summed E-state index contributed by atoms with van der Waals surface area (Å²) >= 11 is 3.50. The summed E-state index contributed by atoms with van der Waals surface area (Å²) in [4.78, 5) is 0. The first-order chi connectivity index (χ1) is 7.55. The average molecular weight is 289 g/mol. The summed E-state index contributed by atoms with van der Waals surface area (Å²) in [6.07, 6.45) is 3.02. The molecule has 0 amide bonds. The van der Waals surface area contributed by atoms with E-state index in [1.54, 1.807) is 0 Å². The molecule has 3 heteroatoms. The summed E-state index contributed by atoms with van der Waals surface area (Å²) in [5, 5.41) is 0.834. The summed E-state index contributed by atoms with van der Waals surface area (Å²) in [6.45, 7) is 2.14. The van der Waals surface area contributed by atoms with Crippen molar-refractivity contribution in [2.24, 2.45) is 11.3 Å². The number of halogens is 3. The van der Waals surface area contributed by atoms with Gasteiger partial charge in [-0.15, -0.1) is 0 Å². The SMILES string of the molecule is CC(CBr)(Cc1cc(F)ccc1F)C1CC1. The Bertz CT molecular complexity index is 388. The summed E-state index contributed by atoms with van der Waals surface area (Å²) in [5.74, 6) is -0.00659. The molecule has 1 atom stereocenters. The van der Waals surface area contributed by atoms with Crippen molar-refractivity contribution in [3.63, 3.8) is 0 Å². The van der Waals surface area contributed by atoms with Gasteiger partial charge in [-0.25, -0.2) is 8.78 Å². The van der Waals surface area contributed by atoms with Crippen molar-refractivity contribution in [2.75, 3.05) is 5.33 Å². The predicted octanol–water partition coefficient (Wildman–Crippen LogP) is 4.32. The highest BCUT2D eigenvalue weighted by Crippen LogP contribution is 2.48. The van der Waals surface area contributed by atoms with Crippen LogP contribution in [0.3, 0.4) is 0 Å². The molecule has 1 unspecified atom stereocenters. The van der Waals surface area contributed by atoms with Crippen molar-refractivity contribution < 1.29 is 8.78 Å². The van der Waals surface area contributed by atoms with Gasteiger partial charge in [0.05, 0.1) is 0 Å². The molecule has 1 aliphatic rings. The lowest BCUT2D eigenvalue weighted by Crippen LogP contribution is -2.24. The van der Waals surface area contributed by atoms with Crippen LogP contribution in [0, 0.1) is 23.0 Å². The minimum Gasteiger partial charge on any atom is -0.207 e. The fourth-order valence-corrected chi connectivity index (χ4v) is 2.85. The zero-order valence-electron chi connectivity index (χ0n) is 9.27. The highest BCUT2D eigenvalue weighted by molar-refractivity contribution is 9.09. The Balaban J connectivity index is 2.21. The largest absolute Gasteiger partial charge is 0.207 e. The third-order valence-electron chi connectivity index (χ3n) is 3.47. The summed E-state index contributed by atoms with van der Waals surface area (Å²) in [6, 6.07) is 3.70. The third-order valence-corrected chi connectivity index (χ3v) is 4.75. The zero-order chi connectivity index (χ0) is 11.8. The highest BCUT2D eigenvalue weighted by Gasteiger charge is 2.40. The second-order valence-electron chi connectivity index (χ2n) is 4.97. The molecule has 2 rings (SSSR count). The average Bonchev–Trinajstić information content (AvgIpc) is 3.07. The number of alkyl halides is 1. The molecule has 1 saturated carbocycles. The number of benzene rings is 1. The molecule has 1 fully saturated rings. The maximum Gasteiger partial charge on any atom is 0.126 e. The van der Waals surface area contributed by atoms with Crippen LogP contribution in [0.15, 0.2) is 18.2 Å². The molecule has 0 nitrogen and oxygen atoms in total. The van der Waals surface area contributed by atoms with Gasteiger partial charge in [-0.1, -0.05) is 22.9 Å². The van der Waals surface area contributed by atoms with Gasteiger partial charge < -0.3 is 0 Å². The molecule has 0 aromatic heterocycles. The van der Waals surface area contributed by atoms with E-state index in [1.807, 2.05) is 0 Å². The molecule has 1 aromatic rings. The van der Waals surface area contributed by atoms with Crippen molar-refractivity contribution >= 4 is 15.9 Å². The maximum atomic E-state index is 13.5. The quantitative estimate of drug-likeness (QED) is 0.724. The van der Waals surface area contributed by atoms with Gasteiger partial charge >= 0.3 is 0 Å². The molecule has 88 valence electrons. The summed E-state index contributed by atoms with van der Waals surface area (Å²) in [7, 11) is 0. The molecule has 0 bridgehead atoms. The van der Waals surface area contributed by atoms with E-state index in [0.29, 0.717) is 17.9 Å². The predicted molar refractivity (Wildman–Crippen MR) is 64.7 cm³/mol. The normalized spacial score (nSPS) is 19.5. The second-order valence-corrected chi connectivity index (χ2v) is 5.54. The topological polar surface area (TPSA) is 0 Å². The van der Waals surface area contributed by atoms with E-state index >= 15 is 0 Å². The van der Waals surface area contributed by atoms with Crippen molar-refractivity contribution in [3.05, 3.63) is 35.4 Å². The maximum absolute atomic E-state index is 13.5. The zero-order valence-corrected chi connectivity index (χ0v) is 10.9. The molecular weight excluding hydrogens is 274 g/mol. The molecule has 0 N–H and O–H groups in total. The van der Waals surface area contributed by atoms with E-state index in [0.717, 1.165) is 5.33 Å². The monoisotopic (exact) mass is 288 g/mol. The Morgan fingerprint density at radius 1 is 1.38 bits per heavy atom. The highest BCUT2D eigenvalue weighted by atomic mass is 79.9. The van der Waals surface area contributed by atoms with E-state index in [4.69, 9.17) is 0 Å². The second kappa shape index (κ2) is 4.44. The van der Waals surface area contributed by atoms with E-state index in [-0.39, 0.29) is 17.0 Å². The molecule has 0 radical (unpaired) electrons. The van der Waals surface area contributed by atoms with Crippen molar-refractivity contribution in [1.82, 2.24) is 0 Å². The first kappa shape index (κ1) is 12.0. The lowest BCUT2D eigenvalue weighted by atomic mass is 9.81. The van der Waals surface area contributed by atoms with Crippen LogP contribution in [0.1, 0.15) is 25.3 Å². The Morgan fingerprint density at radius 2 is 2.06 bits per heavy atom. The van der Waals surface area contributed by atoms with Crippen LogP contribution in [0.25, 0.3) is 0 Å². The first-order valence-electron chi connectivity index (χ1n) is 5.55. The molecule has 1 aliphatic carbocycles. The summed E-state index contributed by atoms with van der Waals surface area (Å²) in [5.41, 5.74) is 0.545. The number of rotatable bonds is 4. The van der Waals surface area contributed by atoms with E-state index < -0.39 is 0 Å². The Morgan fingerprint density at radius 3 is 2.62 bits per heavy atom. The van der Waals surface area contributed by atoms with Gasteiger partial charge in [0.15, 0.2) is 0 Å². The number of hydrogen-bond donors (Lipinski definition) is 0. The van der Waals surface area contributed by atoms with Gasteiger partial charge in [-0.05, 0) is 54.4 Å².